The molecule has 0 unspecified atom stereocenters. The van der Waals surface area contributed by atoms with E-state index in [1.165, 1.54) is 0 Å². The van der Waals surface area contributed by atoms with E-state index in [9.17, 15) is 4.79 Å². The summed E-state index contributed by atoms with van der Waals surface area (Å²) in [5.74, 6) is -0.287. The van der Waals surface area contributed by atoms with Crippen molar-refractivity contribution < 1.29 is 9.53 Å². The first-order valence-corrected chi connectivity index (χ1v) is 5.50. The highest BCUT2D eigenvalue weighted by Crippen LogP contribution is 2.11. The highest BCUT2D eigenvalue weighted by molar-refractivity contribution is 9.11. The lowest BCUT2D eigenvalue weighted by molar-refractivity contribution is -0.140. The molecule has 1 heterocycles. The van der Waals surface area contributed by atoms with Crippen LogP contribution < -0.4 is 0 Å². The third-order valence-corrected chi connectivity index (χ3v) is 2.95. The van der Waals surface area contributed by atoms with Gasteiger partial charge < -0.3 is 4.74 Å². The van der Waals surface area contributed by atoms with Crippen molar-refractivity contribution in [3.05, 3.63) is 32.9 Å². The van der Waals surface area contributed by atoms with Gasteiger partial charge in [-0.15, -0.1) is 11.3 Å². The van der Waals surface area contributed by atoms with E-state index in [0.717, 1.165) is 4.88 Å². The molecule has 0 spiro atoms. The molecular weight excluding hydrogens is 252 g/mol. The van der Waals surface area contributed by atoms with Gasteiger partial charge in [0.15, 0.2) is 0 Å². The molecule has 0 saturated heterocycles. The van der Waals surface area contributed by atoms with Gasteiger partial charge in [0.2, 0.25) is 0 Å². The van der Waals surface area contributed by atoms with E-state index in [0.29, 0.717) is 12.2 Å². The van der Waals surface area contributed by atoms with E-state index in [2.05, 4.69) is 15.9 Å². The number of thiophene rings is 1. The molecule has 0 aromatic carbocycles. The maximum absolute atomic E-state index is 11.2. The highest BCUT2D eigenvalue weighted by atomic mass is 79.9. The molecule has 0 aliphatic rings. The van der Waals surface area contributed by atoms with Crippen LogP contribution in [0.3, 0.4) is 0 Å². The lowest BCUT2D eigenvalue weighted by atomic mass is 10.4. The summed E-state index contributed by atoms with van der Waals surface area (Å²) < 4.78 is 5.01. The van der Waals surface area contributed by atoms with Gasteiger partial charge in [-0.05, 0) is 23.4 Å². The predicted octanol–water partition coefficient (Wildman–Crippen LogP) is 3.09. The molecule has 0 radical (unpaired) electrons. The molecule has 1 aromatic heterocycles. The van der Waals surface area contributed by atoms with E-state index in [4.69, 9.17) is 4.74 Å². The van der Waals surface area contributed by atoms with Crippen LogP contribution in [0.2, 0.25) is 0 Å². The van der Waals surface area contributed by atoms with Gasteiger partial charge >= 0.3 is 5.97 Å². The van der Waals surface area contributed by atoms with Crippen molar-refractivity contribution in [2.24, 2.45) is 0 Å². The van der Waals surface area contributed by atoms with Crippen LogP contribution in [0, 0.1) is 0 Å². The Labute approximate surface area is 89.3 Å². The topological polar surface area (TPSA) is 26.3 Å². The van der Waals surface area contributed by atoms with Crippen LogP contribution in [0.25, 0.3) is 0 Å². The summed E-state index contributed by atoms with van der Waals surface area (Å²) in [5, 5.41) is 1.95. The molecule has 0 saturated carbocycles. The molecule has 0 atom stereocenters. The van der Waals surface area contributed by atoms with Gasteiger partial charge in [-0.2, -0.15) is 0 Å². The largest absolute Gasteiger partial charge is 0.457 e. The van der Waals surface area contributed by atoms with Gasteiger partial charge in [0.25, 0.3) is 0 Å². The summed E-state index contributed by atoms with van der Waals surface area (Å²) in [5.41, 5.74) is 0.566. The Hall–Kier alpha value is -0.610. The van der Waals surface area contributed by atoms with Gasteiger partial charge in [-0.3, -0.25) is 0 Å². The number of carbonyl (C=O) groups is 1. The third kappa shape index (κ3) is 3.32. The Morgan fingerprint density at radius 2 is 2.54 bits per heavy atom. The minimum atomic E-state index is -0.287. The maximum atomic E-state index is 11.2. The Morgan fingerprint density at radius 1 is 1.77 bits per heavy atom. The SMILES string of the molecule is CC(=CBr)C(=O)OCc1cccs1. The van der Waals surface area contributed by atoms with Gasteiger partial charge in [-0.1, -0.05) is 22.0 Å². The second-order valence-electron chi connectivity index (χ2n) is 2.45. The number of halogens is 1. The number of rotatable bonds is 3. The van der Waals surface area contributed by atoms with Gasteiger partial charge in [0.05, 0.1) is 0 Å². The lowest BCUT2D eigenvalue weighted by Gasteiger charge is -2.01. The highest BCUT2D eigenvalue weighted by Gasteiger charge is 2.04. The molecule has 13 heavy (non-hydrogen) atoms. The maximum Gasteiger partial charge on any atom is 0.334 e. The molecule has 0 aliphatic heterocycles. The Morgan fingerprint density at radius 3 is 3.08 bits per heavy atom. The van der Waals surface area contributed by atoms with Crippen LogP contribution in [0.1, 0.15) is 11.8 Å². The molecule has 70 valence electrons. The van der Waals surface area contributed by atoms with Crippen LogP contribution in [0.4, 0.5) is 0 Å². The van der Waals surface area contributed by atoms with Crippen molar-refractivity contribution in [3.63, 3.8) is 0 Å². The first-order valence-electron chi connectivity index (χ1n) is 3.70. The van der Waals surface area contributed by atoms with Crippen LogP contribution in [-0.4, -0.2) is 5.97 Å². The molecule has 0 N–H and O–H groups in total. The van der Waals surface area contributed by atoms with Crippen molar-refractivity contribution in [1.29, 1.82) is 0 Å². The zero-order chi connectivity index (χ0) is 9.68. The molecule has 1 rings (SSSR count). The summed E-state index contributed by atoms with van der Waals surface area (Å²) in [6.07, 6.45) is 0. The second-order valence-corrected chi connectivity index (χ2v) is 3.94. The fourth-order valence-corrected chi connectivity index (χ4v) is 1.49. The summed E-state index contributed by atoms with van der Waals surface area (Å²) in [6.45, 7) is 2.06. The molecular formula is C9H9BrO2S. The van der Waals surface area contributed by atoms with Gasteiger partial charge in [0.1, 0.15) is 6.61 Å². The normalized spacial score (nSPS) is 11.4. The average Bonchev–Trinajstić information content (AvgIpc) is 2.65. The zero-order valence-corrected chi connectivity index (χ0v) is 9.52. The summed E-state index contributed by atoms with van der Waals surface area (Å²) >= 11 is 4.65. The minimum Gasteiger partial charge on any atom is -0.457 e. The Kier molecular flexibility index (Phi) is 4.18. The minimum absolute atomic E-state index is 0.287. The Balaban J connectivity index is 2.40. The molecule has 0 aliphatic carbocycles. The number of hydrogen-bond acceptors (Lipinski definition) is 3. The van der Waals surface area contributed by atoms with E-state index in [1.807, 2.05) is 17.5 Å². The fourth-order valence-electron chi connectivity index (χ4n) is 0.690. The smallest absolute Gasteiger partial charge is 0.334 e. The summed E-state index contributed by atoms with van der Waals surface area (Å²) in [7, 11) is 0. The fraction of sp³-hybridized carbons (Fsp3) is 0.222. The predicted molar refractivity (Wildman–Crippen MR) is 56.8 cm³/mol. The van der Waals surface area contributed by atoms with E-state index in [1.54, 1.807) is 23.2 Å². The van der Waals surface area contributed by atoms with Crippen LogP contribution >= 0.6 is 27.3 Å². The molecule has 4 heteroatoms. The van der Waals surface area contributed by atoms with E-state index >= 15 is 0 Å². The van der Waals surface area contributed by atoms with Crippen molar-refractivity contribution in [2.75, 3.05) is 0 Å². The van der Waals surface area contributed by atoms with E-state index < -0.39 is 0 Å². The quantitative estimate of drug-likeness (QED) is 0.617. The van der Waals surface area contributed by atoms with Crippen molar-refractivity contribution in [3.8, 4) is 0 Å². The van der Waals surface area contributed by atoms with Gasteiger partial charge in [-0.25, -0.2) is 4.79 Å². The van der Waals surface area contributed by atoms with Crippen LogP contribution in [-0.2, 0) is 16.1 Å². The lowest BCUT2D eigenvalue weighted by Crippen LogP contribution is -2.04. The molecule has 0 amide bonds. The van der Waals surface area contributed by atoms with Crippen molar-refractivity contribution in [1.82, 2.24) is 0 Å². The molecule has 1 aromatic rings. The molecule has 2 nitrogen and oxygen atoms in total. The van der Waals surface area contributed by atoms with Crippen LogP contribution in [0.5, 0.6) is 0 Å². The number of hydrogen-bond donors (Lipinski definition) is 0. The van der Waals surface area contributed by atoms with E-state index in [-0.39, 0.29) is 5.97 Å². The summed E-state index contributed by atoms with van der Waals surface area (Å²) in [6, 6.07) is 3.87. The van der Waals surface area contributed by atoms with Gasteiger partial charge in [0, 0.05) is 10.5 Å². The number of carbonyl (C=O) groups excluding carboxylic acids is 1. The summed E-state index contributed by atoms with van der Waals surface area (Å²) in [4.78, 5) is 13.8. The monoisotopic (exact) mass is 260 g/mol. The Bertz CT molecular complexity index is 303. The first-order chi connectivity index (χ1) is 6.24. The first kappa shape index (κ1) is 10.5. The zero-order valence-electron chi connectivity index (χ0n) is 7.12. The standard InChI is InChI=1S/C9H9BrO2S/c1-7(5-10)9(11)12-6-8-3-2-4-13-8/h2-5H,6H2,1H3. The number of esters is 1. The third-order valence-electron chi connectivity index (χ3n) is 1.41. The molecule has 0 bridgehead atoms. The van der Waals surface area contributed by atoms with Crippen molar-refractivity contribution in [2.45, 2.75) is 13.5 Å². The average molecular weight is 261 g/mol. The van der Waals surface area contributed by atoms with Crippen molar-refractivity contribution >= 4 is 33.2 Å². The molecule has 0 fully saturated rings. The van der Waals surface area contributed by atoms with Crippen LogP contribution in [0.15, 0.2) is 28.1 Å². The second kappa shape index (κ2) is 5.19. The number of ether oxygens (including phenoxy) is 1.